The summed E-state index contributed by atoms with van der Waals surface area (Å²) in [5.74, 6) is 1.13. The van der Waals surface area contributed by atoms with Crippen LogP contribution in [0, 0.1) is 5.53 Å². The summed E-state index contributed by atoms with van der Waals surface area (Å²) in [5, 5.41) is 0. The van der Waals surface area contributed by atoms with E-state index in [9.17, 15) is 8.42 Å². The van der Waals surface area contributed by atoms with Crippen LogP contribution in [0.5, 0.6) is 11.5 Å². The van der Waals surface area contributed by atoms with Gasteiger partial charge in [-0.25, -0.2) is 0 Å². The van der Waals surface area contributed by atoms with Crippen LogP contribution in [0.3, 0.4) is 0 Å². The Morgan fingerprint density at radius 1 is 1.05 bits per heavy atom. The number of nitrogens with zero attached hydrogens (tertiary/aromatic N) is 2. The van der Waals surface area contributed by atoms with Crippen LogP contribution >= 0.6 is 0 Å². The van der Waals surface area contributed by atoms with Gasteiger partial charge in [-0.05, 0) is 54.9 Å². The third-order valence-corrected chi connectivity index (χ3v) is 4.03. The predicted molar refractivity (Wildman–Crippen MR) is 80.2 cm³/mol. The molecule has 0 fully saturated rings. The lowest BCUT2D eigenvalue weighted by molar-refractivity contribution is 0.482. The fraction of sp³-hybridized carbons (Fsp3) is 0.143. The van der Waals surface area contributed by atoms with Crippen molar-refractivity contribution in [2.45, 2.75) is 11.3 Å². The first-order valence-corrected chi connectivity index (χ1v) is 7.90. The van der Waals surface area contributed by atoms with Crippen LogP contribution in [-0.4, -0.2) is 15.0 Å². The first-order valence-electron chi connectivity index (χ1n) is 6.46. The largest absolute Gasteiger partial charge is 0.457 e. The highest BCUT2D eigenvalue weighted by Gasteiger charge is 2.18. The molecular formula is C14H15N4O3S+. The van der Waals surface area contributed by atoms with Crippen molar-refractivity contribution in [1.82, 2.24) is 4.91 Å². The Hall–Kier alpha value is -2.54. The second kappa shape index (κ2) is 6.95. The second-order valence-corrected chi connectivity index (χ2v) is 6.00. The minimum atomic E-state index is -3.91. The number of hydrogen-bond acceptors (Lipinski definition) is 5. The molecule has 2 rings (SSSR count). The van der Waals surface area contributed by atoms with Gasteiger partial charge >= 0.3 is 10.0 Å². The Labute approximate surface area is 128 Å². The average molecular weight is 319 g/mol. The minimum Gasteiger partial charge on any atom is -0.457 e. The number of nitrogens with one attached hydrogen (secondary N) is 1. The molecule has 114 valence electrons. The first-order chi connectivity index (χ1) is 10.5. The molecule has 0 saturated heterocycles. The normalized spacial score (nSPS) is 10.8. The van der Waals surface area contributed by atoms with Gasteiger partial charge in [0.2, 0.25) is 4.91 Å². The van der Waals surface area contributed by atoms with Crippen molar-refractivity contribution in [3.8, 4) is 11.5 Å². The molecule has 0 aliphatic heterocycles. The van der Waals surface area contributed by atoms with Crippen molar-refractivity contribution < 1.29 is 13.2 Å². The number of nitrogens with two attached hydrogens (primary N) is 1. The van der Waals surface area contributed by atoms with Gasteiger partial charge < -0.3 is 10.5 Å². The summed E-state index contributed by atoms with van der Waals surface area (Å²) in [6, 6.07) is 13.2. The van der Waals surface area contributed by atoms with E-state index in [1.54, 1.807) is 0 Å². The van der Waals surface area contributed by atoms with Crippen LogP contribution in [0.2, 0.25) is 0 Å². The average Bonchev–Trinajstić information content (AvgIpc) is 2.50. The highest BCUT2D eigenvalue weighted by Crippen LogP contribution is 2.23. The van der Waals surface area contributed by atoms with Crippen LogP contribution in [-0.2, 0) is 16.4 Å². The van der Waals surface area contributed by atoms with Gasteiger partial charge in [0.25, 0.3) is 4.52 Å². The topological polar surface area (TPSA) is 120 Å². The fourth-order valence-electron chi connectivity index (χ4n) is 1.81. The predicted octanol–water partition coefficient (Wildman–Crippen LogP) is 2.22. The Bertz CT molecular complexity index is 780. The molecule has 8 heteroatoms. The van der Waals surface area contributed by atoms with Crippen molar-refractivity contribution in [2.24, 2.45) is 10.3 Å². The van der Waals surface area contributed by atoms with E-state index in [1.165, 1.54) is 24.3 Å². The summed E-state index contributed by atoms with van der Waals surface area (Å²) >= 11 is 0. The van der Waals surface area contributed by atoms with Crippen molar-refractivity contribution in [2.75, 3.05) is 6.54 Å². The zero-order chi connectivity index (χ0) is 16.0. The molecule has 0 heterocycles. The summed E-state index contributed by atoms with van der Waals surface area (Å²) in [7, 11) is -3.91. The fourth-order valence-corrected chi connectivity index (χ4v) is 2.49. The molecule has 3 N–H and O–H groups in total. The Balaban J connectivity index is 2.13. The number of ether oxygens (including phenoxy) is 1. The summed E-state index contributed by atoms with van der Waals surface area (Å²) < 4.78 is 31.6. The van der Waals surface area contributed by atoms with Gasteiger partial charge in [-0.2, -0.15) is 8.42 Å². The third-order valence-electron chi connectivity index (χ3n) is 2.86. The molecule has 0 aromatic heterocycles. The van der Waals surface area contributed by atoms with E-state index in [0.29, 0.717) is 18.0 Å². The van der Waals surface area contributed by atoms with Gasteiger partial charge in [0.05, 0.1) is 4.90 Å². The molecule has 22 heavy (non-hydrogen) atoms. The van der Waals surface area contributed by atoms with E-state index in [2.05, 4.69) is 9.43 Å². The van der Waals surface area contributed by atoms with E-state index in [0.717, 1.165) is 12.0 Å². The summed E-state index contributed by atoms with van der Waals surface area (Å²) in [6.45, 7) is 0.589. The molecule has 0 amide bonds. The van der Waals surface area contributed by atoms with Crippen molar-refractivity contribution >= 4 is 10.0 Å². The molecule has 0 aliphatic carbocycles. The molecular weight excluding hydrogens is 304 g/mol. The molecule has 7 nitrogen and oxygen atoms in total. The third kappa shape index (κ3) is 3.98. The van der Waals surface area contributed by atoms with Gasteiger partial charge in [0, 0.05) is 0 Å². The Morgan fingerprint density at radius 3 is 2.09 bits per heavy atom. The van der Waals surface area contributed by atoms with Crippen molar-refractivity contribution in [1.29, 1.82) is 5.53 Å². The maximum absolute atomic E-state index is 11.6. The highest BCUT2D eigenvalue weighted by molar-refractivity contribution is 7.90. The molecule has 0 atom stereocenters. The molecule has 0 saturated carbocycles. The van der Waals surface area contributed by atoms with Crippen LogP contribution in [0.25, 0.3) is 0 Å². The quantitative estimate of drug-likeness (QED) is 0.626. The van der Waals surface area contributed by atoms with Crippen LogP contribution < -0.4 is 15.4 Å². The second-order valence-electron chi connectivity index (χ2n) is 4.41. The number of rotatable bonds is 6. The molecule has 0 aliphatic rings. The number of benzene rings is 2. The maximum Gasteiger partial charge on any atom is 0.355 e. The van der Waals surface area contributed by atoms with E-state index in [-0.39, 0.29) is 4.90 Å². The van der Waals surface area contributed by atoms with Crippen LogP contribution in [0.15, 0.2) is 57.9 Å². The van der Waals surface area contributed by atoms with Gasteiger partial charge in [-0.15, -0.1) is 0 Å². The summed E-state index contributed by atoms with van der Waals surface area (Å²) in [4.78, 5) is 2.50. The SMILES string of the molecule is N=[N+]=NS(=O)(=O)c1ccc(Oc2ccc(CCN)cc2)cc1. The van der Waals surface area contributed by atoms with E-state index in [1.807, 2.05) is 24.3 Å². The number of hydrogen-bond donors (Lipinski definition) is 2. The first kappa shape index (κ1) is 15.8. The van der Waals surface area contributed by atoms with Crippen LogP contribution in [0.4, 0.5) is 0 Å². The Kier molecular flexibility index (Phi) is 5.00. The standard InChI is InChI=1S/C14H15N4O3S/c15-10-9-11-1-3-12(4-2-11)21-13-5-7-14(8-6-13)22(19,20)18-17-16/h1-8,16H,9-10,15H2/q+1. The van der Waals surface area contributed by atoms with Gasteiger partial charge in [-0.1, -0.05) is 12.1 Å². The summed E-state index contributed by atoms with van der Waals surface area (Å²) in [5.41, 5.74) is 13.1. The van der Waals surface area contributed by atoms with Crippen molar-refractivity contribution in [3.63, 3.8) is 0 Å². The smallest absolute Gasteiger partial charge is 0.355 e. The van der Waals surface area contributed by atoms with E-state index < -0.39 is 10.0 Å². The molecule has 0 bridgehead atoms. The lowest BCUT2D eigenvalue weighted by atomic mass is 10.1. The molecule has 0 radical (unpaired) electrons. The molecule has 0 spiro atoms. The van der Waals surface area contributed by atoms with Gasteiger partial charge in [-0.3, -0.25) is 0 Å². The molecule has 2 aromatic carbocycles. The lowest BCUT2D eigenvalue weighted by Gasteiger charge is -2.06. The summed E-state index contributed by atoms with van der Waals surface area (Å²) in [6.07, 6.45) is 0.803. The van der Waals surface area contributed by atoms with Gasteiger partial charge in [0.15, 0.2) is 0 Å². The molecule has 2 aromatic rings. The van der Waals surface area contributed by atoms with E-state index in [4.69, 9.17) is 16.0 Å². The van der Waals surface area contributed by atoms with E-state index >= 15 is 0 Å². The van der Waals surface area contributed by atoms with Crippen molar-refractivity contribution in [3.05, 3.63) is 54.1 Å². The van der Waals surface area contributed by atoms with Crippen LogP contribution in [0.1, 0.15) is 5.56 Å². The number of sulfonamides is 1. The maximum atomic E-state index is 11.6. The highest BCUT2D eigenvalue weighted by atomic mass is 32.2. The lowest BCUT2D eigenvalue weighted by Crippen LogP contribution is -2.02. The Morgan fingerprint density at radius 2 is 1.59 bits per heavy atom. The molecule has 0 unspecified atom stereocenters. The monoisotopic (exact) mass is 319 g/mol. The minimum absolute atomic E-state index is 0.0471. The van der Waals surface area contributed by atoms with Gasteiger partial charge in [0.1, 0.15) is 17.0 Å². The zero-order valence-corrected chi connectivity index (χ0v) is 12.5. The zero-order valence-electron chi connectivity index (χ0n) is 11.6.